The molecule has 3 aromatic rings. The lowest BCUT2D eigenvalue weighted by atomic mass is 9.99. The summed E-state index contributed by atoms with van der Waals surface area (Å²) in [6, 6.07) is 17.4. The van der Waals surface area contributed by atoms with Gasteiger partial charge in [0.25, 0.3) is 5.91 Å². The number of aromatic nitrogens is 1. The minimum absolute atomic E-state index is 0.0777. The maximum Gasteiger partial charge on any atom is 0.251 e. The molecule has 1 saturated heterocycles. The number of hydrogen-bond donors (Lipinski definition) is 2. The Labute approximate surface area is 219 Å². The first-order chi connectivity index (χ1) is 17.4. The number of hydrogen-bond acceptors (Lipinski definition) is 6. The number of amides is 1. The molecule has 8 heteroatoms. The van der Waals surface area contributed by atoms with E-state index in [1.54, 1.807) is 0 Å². The highest BCUT2D eigenvalue weighted by Crippen LogP contribution is 2.43. The molecule has 7 nitrogen and oxygen atoms in total. The topological polar surface area (TPSA) is 90.3 Å². The molecule has 1 unspecified atom stereocenters. The Bertz CT molecular complexity index is 1300. The van der Waals surface area contributed by atoms with Crippen molar-refractivity contribution >= 4 is 33.3 Å². The molecular weight excluding hydrogens is 518 g/mol. The van der Waals surface area contributed by atoms with E-state index in [1.165, 1.54) is 0 Å². The Morgan fingerprint density at radius 2 is 2.08 bits per heavy atom. The van der Waals surface area contributed by atoms with Crippen LogP contribution in [0.1, 0.15) is 59.5 Å². The third-order valence-electron chi connectivity index (χ3n) is 6.74. The fourth-order valence-electron chi connectivity index (χ4n) is 4.73. The second kappa shape index (κ2) is 10.2. The van der Waals surface area contributed by atoms with Gasteiger partial charge < -0.3 is 20.3 Å². The van der Waals surface area contributed by atoms with Crippen molar-refractivity contribution in [1.29, 1.82) is 5.26 Å². The molecule has 1 amide bonds. The molecule has 0 bridgehead atoms. The van der Waals surface area contributed by atoms with Crippen molar-refractivity contribution in [2.45, 2.75) is 32.4 Å². The van der Waals surface area contributed by atoms with Crippen molar-refractivity contribution < 1.29 is 9.53 Å². The monoisotopic (exact) mass is 545 g/mol. The first-order valence-corrected chi connectivity index (χ1v) is 13.0. The Hall–Kier alpha value is -3.57. The summed E-state index contributed by atoms with van der Waals surface area (Å²) in [6.07, 6.45) is 2.47. The van der Waals surface area contributed by atoms with Crippen molar-refractivity contribution in [2.24, 2.45) is 5.92 Å². The van der Waals surface area contributed by atoms with Crippen LogP contribution in [0.15, 0.2) is 59.2 Å². The lowest BCUT2D eigenvalue weighted by Crippen LogP contribution is -2.31. The van der Waals surface area contributed by atoms with Gasteiger partial charge in [0.15, 0.2) is 6.23 Å². The molecule has 2 atom stereocenters. The van der Waals surface area contributed by atoms with E-state index in [2.05, 4.69) is 56.4 Å². The van der Waals surface area contributed by atoms with Gasteiger partial charge in [0.1, 0.15) is 11.6 Å². The van der Waals surface area contributed by atoms with Gasteiger partial charge in [-0.05, 0) is 70.6 Å². The van der Waals surface area contributed by atoms with Crippen molar-refractivity contribution in [3.63, 3.8) is 0 Å². The number of nitrogens with zero attached hydrogens (tertiary/aromatic N) is 3. The van der Waals surface area contributed by atoms with Gasteiger partial charge >= 0.3 is 0 Å². The van der Waals surface area contributed by atoms with E-state index in [0.717, 1.165) is 52.4 Å². The average molecular weight is 546 g/mol. The van der Waals surface area contributed by atoms with E-state index in [9.17, 15) is 10.1 Å². The van der Waals surface area contributed by atoms with Crippen molar-refractivity contribution in [2.75, 3.05) is 29.9 Å². The van der Waals surface area contributed by atoms with Crippen LogP contribution >= 0.6 is 15.9 Å². The predicted octanol–water partition coefficient (Wildman–Crippen LogP) is 5.60. The highest BCUT2D eigenvalue weighted by molar-refractivity contribution is 9.10. The predicted molar refractivity (Wildman–Crippen MR) is 143 cm³/mol. The maximum atomic E-state index is 12.8. The normalized spacial score (nSPS) is 18.4. The largest absolute Gasteiger partial charge is 0.464 e. The molecule has 0 aliphatic carbocycles. The second-order valence-electron chi connectivity index (χ2n) is 9.62. The minimum atomic E-state index is -0.361. The van der Waals surface area contributed by atoms with E-state index < -0.39 is 0 Å². The number of pyridine rings is 1. The summed E-state index contributed by atoms with van der Waals surface area (Å²) in [5.41, 5.74) is 3.99. The fourth-order valence-corrected chi connectivity index (χ4v) is 4.97. The number of carbonyl (C=O) groups excluding carboxylic acids is 1. The molecule has 3 heterocycles. The van der Waals surface area contributed by atoms with Gasteiger partial charge in [-0.3, -0.25) is 4.79 Å². The average Bonchev–Trinajstić information content (AvgIpc) is 3.54. The molecule has 36 heavy (non-hydrogen) atoms. The van der Waals surface area contributed by atoms with Crippen LogP contribution in [-0.4, -0.2) is 30.5 Å². The Morgan fingerprint density at radius 1 is 1.28 bits per heavy atom. The van der Waals surface area contributed by atoms with Gasteiger partial charge in [-0.25, -0.2) is 4.98 Å². The molecule has 1 fully saturated rings. The molecule has 0 saturated carbocycles. The number of halogens is 1. The number of ether oxygens (including phenoxy) is 1. The van der Waals surface area contributed by atoms with Crippen LogP contribution in [0.3, 0.4) is 0 Å². The number of anilines is 2. The smallest absolute Gasteiger partial charge is 0.251 e. The van der Waals surface area contributed by atoms with Crippen LogP contribution in [0, 0.1) is 17.2 Å². The Morgan fingerprint density at radius 3 is 2.78 bits per heavy atom. The second-order valence-corrected chi connectivity index (χ2v) is 10.5. The molecule has 184 valence electrons. The summed E-state index contributed by atoms with van der Waals surface area (Å²) in [6.45, 7) is 6.62. The minimum Gasteiger partial charge on any atom is -0.464 e. The first kappa shape index (κ1) is 24.1. The van der Waals surface area contributed by atoms with Crippen LogP contribution in [-0.2, 0) is 0 Å². The van der Waals surface area contributed by atoms with E-state index in [1.807, 2.05) is 54.7 Å². The Kier molecular flexibility index (Phi) is 6.84. The zero-order valence-electron chi connectivity index (χ0n) is 20.3. The van der Waals surface area contributed by atoms with E-state index in [4.69, 9.17) is 4.74 Å². The molecule has 2 N–H and O–H groups in total. The summed E-state index contributed by atoms with van der Waals surface area (Å²) in [5.74, 6) is 2.31. The van der Waals surface area contributed by atoms with E-state index >= 15 is 0 Å². The van der Waals surface area contributed by atoms with Crippen molar-refractivity contribution in [1.82, 2.24) is 10.3 Å². The van der Waals surface area contributed by atoms with Gasteiger partial charge in [-0.15, -0.1) is 0 Å². The van der Waals surface area contributed by atoms with Crippen LogP contribution in [0.5, 0.6) is 5.75 Å². The lowest BCUT2D eigenvalue weighted by Gasteiger charge is -2.17. The number of benzene rings is 2. The Balaban J connectivity index is 1.17. The SMILES string of the molecule is CC(C)c1cc(C#N)cc2c1OC(c1ccc(C(=O)NC[C@H]3CCN(c4ccc(Br)cn4)C3)cc1)N2. The zero-order valence-corrected chi connectivity index (χ0v) is 21.9. The van der Waals surface area contributed by atoms with Crippen LogP contribution < -0.4 is 20.3 Å². The zero-order chi connectivity index (χ0) is 25.2. The summed E-state index contributed by atoms with van der Waals surface area (Å²) >= 11 is 3.42. The molecule has 5 rings (SSSR count). The standard InChI is InChI=1S/C28H28BrN5O2/c1-17(2)23-11-19(13-30)12-24-26(23)36-28(33-24)21-5-3-20(4-6-21)27(35)32-14-18-9-10-34(16-18)25-8-7-22(29)15-31-25/h3-8,11-12,15,17-18,28,33H,9-10,14,16H2,1-2H3,(H,32,35)/t18-,28?/m1/s1. The van der Waals surface area contributed by atoms with E-state index in [0.29, 0.717) is 23.6 Å². The number of fused-ring (bicyclic) bond motifs is 1. The van der Waals surface area contributed by atoms with Gasteiger partial charge in [0, 0.05) is 47.0 Å². The number of carbonyl (C=O) groups is 1. The number of rotatable bonds is 6. The van der Waals surface area contributed by atoms with Crippen LogP contribution in [0.2, 0.25) is 0 Å². The van der Waals surface area contributed by atoms with Gasteiger partial charge in [0.05, 0.1) is 17.3 Å². The van der Waals surface area contributed by atoms with Crippen molar-refractivity contribution in [3.8, 4) is 11.8 Å². The summed E-state index contributed by atoms with van der Waals surface area (Å²) < 4.78 is 7.19. The van der Waals surface area contributed by atoms with Crippen molar-refractivity contribution in [3.05, 3.63) is 81.5 Å². The van der Waals surface area contributed by atoms with Gasteiger partial charge in [-0.2, -0.15) is 5.26 Å². The summed E-state index contributed by atoms with van der Waals surface area (Å²) in [5, 5.41) is 15.8. The maximum absolute atomic E-state index is 12.8. The highest BCUT2D eigenvalue weighted by Gasteiger charge is 2.28. The van der Waals surface area contributed by atoms with E-state index in [-0.39, 0.29) is 18.1 Å². The first-order valence-electron chi connectivity index (χ1n) is 12.2. The fraction of sp³-hybridized carbons (Fsp3) is 0.321. The number of nitrogens with one attached hydrogen (secondary N) is 2. The summed E-state index contributed by atoms with van der Waals surface area (Å²) in [4.78, 5) is 19.5. The molecule has 2 aliphatic rings. The molecule has 1 aromatic heterocycles. The highest BCUT2D eigenvalue weighted by atomic mass is 79.9. The van der Waals surface area contributed by atoms with Gasteiger partial charge in [0.2, 0.25) is 0 Å². The third-order valence-corrected chi connectivity index (χ3v) is 7.21. The molecular formula is C28H28BrN5O2. The lowest BCUT2D eigenvalue weighted by molar-refractivity contribution is 0.0948. The molecule has 2 aromatic carbocycles. The van der Waals surface area contributed by atoms with Crippen LogP contribution in [0.25, 0.3) is 0 Å². The molecule has 0 radical (unpaired) electrons. The molecule has 2 aliphatic heterocycles. The third kappa shape index (κ3) is 5.02. The van der Waals surface area contributed by atoms with Crippen LogP contribution in [0.4, 0.5) is 11.5 Å². The number of nitriles is 1. The van der Waals surface area contributed by atoms with Gasteiger partial charge in [-0.1, -0.05) is 26.0 Å². The molecule has 0 spiro atoms. The quantitative estimate of drug-likeness (QED) is 0.419. The summed E-state index contributed by atoms with van der Waals surface area (Å²) in [7, 11) is 0.